The van der Waals surface area contributed by atoms with Gasteiger partial charge in [-0.15, -0.1) is 0 Å². The van der Waals surface area contributed by atoms with Gasteiger partial charge in [-0.2, -0.15) is 0 Å². The van der Waals surface area contributed by atoms with Crippen LogP contribution in [-0.4, -0.2) is 55.3 Å². The lowest BCUT2D eigenvalue weighted by molar-refractivity contribution is -0.139. The molecule has 0 spiro atoms. The molecule has 1 aliphatic rings. The first-order valence-electron chi connectivity index (χ1n) is 7.94. The molecule has 1 amide bonds. The number of carbonyl (C=O) groups is 1. The average Bonchev–Trinajstić information content (AvgIpc) is 3.01. The maximum atomic E-state index is 12.6. The summed E-state index contributed by atoms with van der Waals surface area (Å²) in [5.74, 6) is -0.0908. The summed E-state index contributed by atoms with van der Waals surface area (Å²) in [6.07, 6.45) is 2.33. The quantitative estimate of drug-likeness (QED) is 0.723. The van der Waals surface area contributed by atoms with Gasteiger partial charge in [0.1, 0.15) is 6.54 Å². The van der Waals surface area contributed by atoms with Crippen molar-refractivity contribution in [2.24, 2.45) is 14.1 Å². The highest BCUT2D eigenvalue weighted by Gasteiger charge is 2.24. The highest BCUT2D eigenvalue weighted by molar-refractivity contribution is 5.79. The predicted octanol–water partition coefficient (Wildman–Crippen LogP) is -0.929. The van der Waals surface area contributed by atoms with E-state index in [-0.39, 0.29) is 29.7 Å². The minimum absolute atomic E-state index is 0.0143. The number of imidazole rings is 1. The number of carbonyl (C=O) groups excluding carboxylic acids is 1. The van der Waals surface area contributed by atoms with Crippen molar-refractivity contribution in [1.82, 2.24) is 23.6 Å². The summed E-state index contributed by atoms with van der Waals surface area (Å²) in [4.78, 5) is 42.8. The third-order valence-electron chi connectivity index (χ3n) is 4.47. The summed E-state index contributed by atoms with van der Waals surface area (Å²) in [6, 6.07) is 0. The largest absolute Gasteiger partial charge is 0.375 e. The van der Waals surface area contributed by atoms with E-state index in [1.165, 1.54) is 22.5 Å². The first kappa shape index (κ1) is 16.4. The minimum Gasteiger partial charge on any atom is -0.375 e. The molecular weight excluding hydrogens is 314 g/mol. The monoisotopic (exact) mass is 335 g/mol. The lowest BCUT2D eigenvalue weighted by Gasteiger charge is -2.32. The van der Waals surface area contributed by atoms with Gasteiger partial charge in [0.05, 0.1) is 19.0 Å². The van der Waals surface area contributed by atoms with Gasteiger partial charge in [0, 0.05) is 27.2 Å². The molecule has 9 nitrogen and oxygen atoms in total. The summed E-state index contributed by atoms with van der Waals surface area (Å²) in [7, 11) is 2.97. The summed E-state index contributed by atoms with van der Waals surface area (Å²) in [5.41, 5.74) is -0.354. The van der Waals surface area contributed by atoms with Crippen LogP contribution in [0.5, 0.6) is 0 Å². The number of ether oxygens (including phenoxy) is 1. The lowest BCUT2D eigenvalue weighted by Crippen LogP contribution is -2.46. The number of hydrogen-bond donors (Lipinski definition) is 0. The van der Waals surface area contributed by atoms with Crippen molar-refractivity contribution in [3.05, 3.63) is 27.2 Å². The van der Waals surface area contributed by atoms with Crippen LogP contribution < -0.4 is 11.2 Å². The first-order chi connectivity index (χ1) is 11.4. The second-order valence-corrected chi connectivity index (χ2v) is 5.99. The van der Waals surface area contributed by atoms with Crippen LogP contribution >= 0.6 is 0 Å². The average molecular weight is 335 g/mol. The number of rotatable bonds is 3. The van der Waals surface area contributed by atoms with E-state index in [0.29, 0.717) is 19.7 Å². The van der Waals surface area contributed by atoms with Gasteiger partial charge in [0.15, 0.2) is 11.2 Å². The number of fused-ring (bicyclic) bond motifs is 1. The van der Waals surface area contributed by atoms with Gasteiger partial charge in [-0.3, -0.25) is 18.7 Å². The molecule has 130 valence electrons. The molecule has 0 aliphatic carbocycles. The van der Waals surface area contributed by atoms with Crippen LogP contribution in [-0.2, 0) is 30.2 Å². The molecule has 3 rings (SSSR count). The molecule has 0 radical (unpaired) electrons. The molecule has 24 heavy (non-hydrogen) atoms. The van der Waals surface area contributed by atoms with Crippen LogP contribution in [0, 0.1) is 0 Å². The summed E-state index contributed by atoms with van der Waals surface area (Å²) < 4.78 is 9.41. The van der Waals surface area contributed by atoms with Crippen molar-refractivity contribution in [2.75, 3.05) is 19.7 Å². The molecule has 1 atom stereocenters. The maximum Gasteiger partial charge on any atom is 0.332 e. The van der Waals surface area contributed by atoms with Crippen molar-refractivity contribution >= 4 is 17.1 Å². The van der Waals surface area contributed by atoms with E-state index in [2.05, 4.69) is 4.98 Å². The van der Waals surface area contributed by atoms with Crippen LogP contribution in [0.15, 0.2) is 15.9 Å². The Hall–Kier alpha value is -2.42. The normalized spacial score (nSPS) is 18.3. The van der Waals surface area contributed by atoms with E-state index in [0.717, 1.165) is 11.0 Å². The highest BCUT2D eigenvalue weighted by Crippen LogP contribution is 2.11. The Morgan fingerprint density at radius 3 is 2.79 bits per heavy atom. The zero-order valence-corrected chi connectivity index (χ0v) is 14.1. The van der Waals surface area contributed by atoms with Gasteiger partial charge in [-0.25, -0.2) is 9.78 Å². The summed E-state index contributed by atoms with van der Waals surface area (Å²) >= 11 is 0. The Bertz CT molecular complexity index is 894. The highest BCUT2D eigenvalue weighted by atomic mass is 16.5. The molecule has 0 unspecified atom stereocenters. The zero-order chi connectivity index (χ0) is 17.4. The molecule has 3 heterocycles. The second-order valence-electron chi connectivity index (χ2n) is 5.99. The predicted molar refractivity (Wildman–Crippen MR) is 86.8 cm³/mol. The Kier molecular flexibility index (Phi) is 4.27. The number of aryl methyl sites for hydroxylation is 1. The SMILES string of the molecule is CC[C@@H]1CN(C(=O)Cn2cnc3c2c(=O)n(C)c(=O)n3C)CCO1. The van der Waals surface area contributed by atoms with E-state index in [9.17, 15) is 14.4 Å². The van der Waals surface area contributed by atoms with E-state index >= 15 is 0 Å². The molecule has 0 aromatic carbocycles. The van der Waals surface area contributed by atoms with Crippen molar-refractivity contribution < 1.29 is 9.53 Å². The van der Waals surface area contributed by atoms with E-state index in [1.807, 2.05) is 6.92 Å². The van der Waals surface area contributed by atoms with E-state index in [4.69, 9.17) is 4.74 Å². The lowest BCUT2D eigenvalue weighted by atomic mass is 10.2. The number of morpholine rings is 1. The van der Waals surface area contributed by atoms with Crippen molar-refractivity contribution in [1.29, 1.82) is 0 Å². The number of amides is 1. The fourth-order valence-electron chi connectivity index (χ4n) is 2.96. The molecule has 2 aromatic heterocycles. The summed E-state index contributed by atoms with van der Waals surface area (Å²) in [5, 5.41) is 0. The van der Waals surface area contributed by atoms with Crippen LogP contribution in [0.2, 0.25) is 0 Å². The fourth-order valence-corrected chi connectivity index (χ4v) is 2.96. The fraction of sp³-hybridized carbons (Fsp3) is 0.600. The molecule has 9 heteroatoms. The Balaban J connectivity index is 1.92. The van der Waals surface area contributed by atoms with Crippen molar-refractivity contribution in [3.8, 4) is 0 Å². The van der Waals surface area contributed by atoms with Crippen molar-refractivity contribution in [2.45, 2.75) is 26.0 Å². The van der Waals surface area contributed by atoms with Crippen LogP contribution in [0.3, 0.4) is 0 Å². The standard InChI is InChI=1S/C15H21N5O4/c1-4-10-7-19(5-6-24-10)11(21)8-20-9-16-13-12(20)14(22)18(3)15(23)17(13)2/h9-10H,4-8H2,1-3H3/t10-/m1/s1. The van der Waals surface area contributed by atoms with Gasteiger partial charge < -0.3 is 14.2 Å². The number of nitrogens with zero attached hydrogens (tertiary/aromatic N) is 5. The second kappa shape index (κ2) is 6.23. The van der Waals surface area contributed by atoms with Crippen LogP contribution in [0.4, 0.5) is 0 Å². The third-order valence-corrected chi connectivity index (χ3v) is 4.47. The van der Waals surface area contributed by atoms with Crippen molar-refractivity contribution in [3.63, 3.8) is 0 Å². The number of aromatic nitrogens is 4. The smallest absolute Gasteiger partial charge is 0.332 e. The van der Waals surface area contributed by atoms with Gasteiger partial charge in [-0.1, -0.05) is 6.92 Å². The zero-order valence-electron chi connectivity index (χ0n) is 14.1. The van der Waals surface area contributed by atoms with E-state index in [1.54, 1.807) is 11.9 Å². The van der Waals surface area contributed by atoms with E-state index < -0.39 is 11.2 Å². The molecule has 1 aliphatic heterocycles. The van der Waals surface area contributed by atoms with Gasteiger partial charge in [0.2, 0.25) is 5.91 Å². The maximum absolute atomic E-state index is 12.6. The molecule has 0 N–H and O–H groups in total. The molecule has 1 saturated heterocycles. The molecular formula is C15H21N5O4. The Morgan fingerprint density at radius 1 is 1.33 bits per heavy atom. The third kappa shape index (κ3) is 2.64. The van der Waals surface area contributed by atoms with Gasteiger partial charge in [0.25, 0.3) is 5.56 Å². The topological polar surface area (TPSA) is 91.4 Å². The molecule has 0 bridgehead atoms. The first-order valence-corrected chi connectivity index (χ1v) is 7.94. The Morgan fingerprint density at radius 2 is 2.08 bits per heavy atom. The van der Waals surface area contributed by atoms with Crippen LogP contribution in [0.25, 0.3) is 11.2 Å². The van der Waals surface area contributed by atoms with Gasteiger partial charge >= 0.3 is 5.69 Å². The number of hydrogen-bond acceptors (Lipinski definition) is 5. The van der Waals surface area contributed by atoms with Gasteiger partial charge in [-0.05, 0) is 6.42 Å². The minimum atomic E-state index is -0.452. The Labute approximate surface area is 138 Å². The van der Waals surface area contributed by atoms with Crippen LogP contribution in [0.1, 0.15) is 13.3 Å². The molecule has 2 aromatic rings. The molecule has 1 fully saturated rings. The molecule has 0 saturated carbocycles. The summed E-state index contributed by atoms with van der Waals surface area (Å²) in [6.45, 7) is 3.65.